The Morgan fingerprint density at radius 2 is 1.67 bits per heavy atom. The molecule has 0 unspecified atom stereocenters. The van der Waals surface area contributed by atoms with E-state index in [-0.39, 0.29) is 17.4 Å². The molecule has 0 fully saturated rings. The van der Waals surface area contributed by atoms with Crippen LogP contribution in [0.3, 0.4) is 0 Å². The average Bonchev–Trinajstić information content (AvgIpc) is 2.50. The number of fused-ring (bicyclic) bond motifs is 1. The summed E-state index contributed by atoms with van der Waals surface area (Å²) >= 11 is 0. The molecule has 0 amide bonds. The van der Waals surface area contributed by atoms with Gasteiger partial charge in [0.05, 0.1) is 23.0 Å². The van der Waals surface area contributed by atoms with Gasteiger partial charge in [-0.05, 0) is 35.9 Å². The first kappa shape index (κ1) is 16.0. The van der Waals surface area contributed by atoms with E-state index in [9.17, 15) is 27.2 Å². The van der Waals surface area contributed by atoms with Crippen molar-refractivity contribution in [2.75, 3.05) is 0 Å². The lowest BCUT2D eigenvalue weighted by atomic mass is 10.1. The summed E-state index contributed by atoms with van der Waals surface area (Å²) in [6.07, 6.45) is -4.46. The van der Waals surface area contributed by atoms with Gasteiger partial charge >= 0.3 is 11.9 Å². The van der Waals surface area contributed by atoms with Gasteiger partial charge in [0.25, 0.3) is 5.56 Å². The van der Waals surface area contributed by atoms with Crippen LogP contribution in [0.5, 0.6) is 0 Å². The van der Waals surface area contributed by atoms with Gasteiger partial charge in [-0.3, -0.25) is 9.36 Å². The lowest BCUT2D eigenvalue weighted by Crippen LogP contribution is -2.35. The molecule has 0 atom stereocenters. The molecule has 0 saturated carbocycles. The molecule has 0 bridgehead atoms. The van der Waals surface area contributed by atoms with Gasteiger partial charge in [-0.15, -0.1) is 0 Å². The normalized spacial score (nSPS) is 11.8. The van der Waals surface area contributed by atoms with Crippen LogP contribution in [0.15, 0.2) is 52.1 Å². The number of benzene rings is 2. The monoisotopic (exact) mass is 338 g/mol. The summed E-state index contributed by atoms with van der Waals surface area (Å²) in [7, 11) is 0. The molecule has 3 rings (SSSR count). The van der Waals surface area contributed by atoms with Crippen molar-refractivity contribution in [2.45, 2.75) is 12.7 Å². The zero-order chi connectivity index (χ0) is 17.5. The van der Waals surface area contributed by atoms with E-state index in [1.54, 1.807) is 0 Å². The predicted molar refractivity (Wildman–Crippen MR) is 79.3 cm³/mol. The molecule has 1 N–H and O–H groups in total. The third-order valence-corrected chi connectivity index (χ3v) is 3.57. The van der Waals surface area contributed by atoms with Crippen LogP contribution < -0.4 is 11.2 Å². The summed E-state index contributed by atoms with van der Waals surface area (Å²) in [5, 5.41) is 0.114. The number of hydrogen-bond acceptors (Lipinski definition) is 2. The highest BCUT2D eigenvalue weighted by molar-refractivity contribution is 5.77. The van der Waals surface area contributed by atoms with Crippen LogP contribution in [-0.4, -0.2) is 9.55 Å². The van der Waals surface area contributed by atoms with Gasteiger partial charge in [-0.25, -0.2) is 9.18 Å². The minimum Gasteiger partial charge on any atom is -0.307 e. The Morgan fingerprint density at radius 3 is 2.29 bits per heavy atom. The Balaban J connectivity index is 2.03. The van der Waals surface area contributed by atoms with Crippen LogP contribution in [0.4, 0.5) is 17.6 Å². The second-order valence-corrected chi connectivity index (χ2v) is 5.21. The Hall–Kier alpha value is -2.90. The number of halogens is 4. The van der Waals surface area contributed by atoms with Crippen molar-refractivity contribution in [1.82, 2.24) is 9.55 Å². The first-order valence-corrected chi connectivity index (χ1v) is 6.84. The van der Waals surface area contributed by atoms with E-state index in [2.05, 4.69) is 4.98 Å². The van der Waals surface area contributed by atoms with Gasteiger partial charge in [0.1, 0.15) is 5.82 Å². The number of rotatable bonds is 2. The number of H-pyrrole nitrogens is 1. The van der Waals surface area contributed by atoms with Crippen molar-refractivity contribution < 1.29 is 17.6 Å². The maximum atomic E-state index is 13.2. The van der Waals surface area contributed by atoms with Crippen molar-refractivity contribution >= 4 is 10.9 Å². The molecule has 24 heavy (non-hydrogen) atoms. The van der Waals surface area contributed by atoms with Crippen LogP contribution in [0.2, 0.25) is 0 Å². The third kappa shape index (κ3) is 2.94. The quantitative estimate of drug-likeness (QED) is 0.731. The molecule has 3 aromatic rings. The zero-order valence-corrected chi connectivity index (χ0v) is 12.0. The lowest BCUT2D eigenvalue weighted by molar-refractivity contribution is -0.137. The summed E-state index contributed by atoms with van der Waals surface area (Å²) < 4.78 is 51.6. The van der Waals surface area contributed by atoms with Gasteiger partial charge in [0.2, 0.25) is 0 Å². The van der Waals surface area contributed by atoms with E-state index in [0.29, 0.717) is 5.56 Å². The fourth-order valence-electron chi connectivity index (χ4n) is 2.35. The molecule has 1 heterocycles. The highest BCUT2D eigenvalue weighted by Gasteiger charge is 2.29. The highest BCUT2D eigenvalue weighted by Crippen LogP contribution is 2.29. The summed E-state index contributed by atoms with van der Waals surface area (Å²) in [5.74, 6) is -0.599. The fraction of sp³-hybridized carbons (Fsp3) is 0.125. The number of aromatic nitrogens is 2. The minimum atomic E-state index is -4.46. The van der Waals surface area contributed by atoms with Gasteiger partial charge in [0.15, 0.2) is 0 Å². The van der Waals surface area contributed by atoms with Gasteiger partial charge in [-0.2, -0.15) is 13.2 Å². The molecule has 0 aliphatic heterocycles. The summed E-state index contributed by atoms with van der Waals surface area (Å²) in [4.78, 5) is 26.7. The molecule has 8 heteroatoms. The van der Waals surface area contributed by atoms with E-state index >= 15 is 0 Å². The van der Waals surface area contributed by atoms with Crippen LogP contribution in [0, 0.1) is 5.82 Å². The predicted octanol–water partition coefficient (Wildman–Crippen LogP) is 2.90. The van der Waals surface area contributed by atoms with Crippen molar-refractivity contribution in [3.8, 4) is 0 Å². The molecule has 124 valence electrons. The number of alkyl halides is 3. The van der Waals surface area contributed by atoms with E-state index < -0.39 is 28.8 Å². The number of aromatic amines is 1. The Kier molecular flexibility index (Phi) is 3.75. The maximum Gasteiger partial charge on any atom is 0.416 e. The Labute approximate surface area is 132 Å². The molecule has 0 aliphatic rings. The van der Waals surface area contributed by atoms with Crippen LogP contribution >= 0.6 is 0 Å². The van der Waals surface area contributed by atoms with Crippen molar-refractivity contribution in [1.29, 1.82) is 0 Å². The molecule has 0 saturated heterocycles. The highest BCUT2D eigenvalue weighted by atomic mass is 19.4. The van der Waals surface area contributed by atoms with Crippen molar-refractivity contribution in [2.24, 2.45) is 0 Å². The molecule has 0 aliphatic carbocycles. The van der Waals surface area contributed by atoms with Gasteiger partial charge in [-0.1, -0.05) is 12.1 Å². The molecule has 4 nitrogen and oxygen atoms in total. The summed E-state index contributed by atoms with van der Waals surface area (Å²) in [5.41, 5.74) is -1.81. The molecule has 0 radical (unpaired) electrons. The van der Waals surface area contributed by atoms with Crippen molar-refractivity contribution in [3.05, 3.63) is 80.2 Å². The van der Waals surface area contributed by atoms with Crippen molar-refractivity contribution in [3.63, 3.8) is 0 Å². The number of nitrogens with zero attached hydrogens (tertiary/aromatic N) is 1. The third-order valence-electron chi connectivity index (χ3n) is 3.57. The first-order valence-electron chi connectivity index (χ1n) is 6.84. The second kappa shape index (κ2) is 5.63. The lowest BCUT2D eigenvalue weighted by Gasteiger charge is -2.09. The first-order chi connectivity index (χ1) is 11.3. The second-order valence-electron chi connectivity index (χ2n) is 5.21. The van der Waals surface area contributed by atoms with Gasteiger partial charge < -0.3 is 4.98 Å². The molecular formula is C16H10F4N2O2. The molecule has 1 aromatic heterocycles. The number of nitrogens with one attached hydrogen (secondary N) is 1. The maximum absolute atomic E-state index is 13.2. The van der Waals surface area contributed by atoms with E-state index in [1.165, 1.54) is 18.2 Å². The summed E-state index contributed by atoms with van der Waals surface area (Å²) in [6.45, 7) is -0.195. The topological polar surface area (TPSA) is 54.9 Å². The summed E-state index contributed by atoms with van der Waals surface area (Å²) in [6, 6.07) is 7.51. The standard InChI is InChI=1S/C16H10F4N2O2/c17-11-5-6-12-13(7-11)21-15(24)22(14(12)23)8-9-1-3-10(4-2-9)16(18,19)20/h1-7H,8H2,(H,21,24). The Bertz CT molecular complexity index is 1020. The molecule has 2 aromatic carbocycles. The Morgan fingerprint density at radius 1 is 1.00 bits per heavy atom. The van der Waals surface area contributed by atoms with E-state index in [1.807, 2.05) is 0 Å². The minimum absolute atomic E-state index is 0.0636. The van der Waals surface area contributed by atoms with Crippen LogP contribution in [0.1, 0.15) is 11.1 Å². The van der Waals surface area contributed by atoms with Crippen LogP contribution in [0.25, 0.3) is 10.9 Å². The van der Waals surface area contributed by atoms with Crippen LogP contribution in [-0.2, 0) is 12.7 Å². The largest absolute Gasteiger partial charge is 0.416 e. The molecule has 0 spiro atoms. The fourth-order valence-corrected chi connectivity index (χ4v) is 2.35. The zero-order valence-electron chi connectivity index (χ0n) is 12.0. The number of hydrogen-bond donors (Lipinski definition) is 1. The smallest absolute Gasteiger partial charge is 0.307 e. The SMILES string of the molecule is O=c1[nH]c2cc(F)ccc2c(=O)n1Cc1ccc(C(F)(F)F)cc1. The van der Waals surface area contributed by atoms with E-state index in [4.69, 9.17) is 0 Å². The van der Waals surface area contributed by atoms with E-state index in [0.717, 1.165) is 28.8 Å². The van der Waals surface area contributed by atoms with Gasteiger partial charge in [0, 0.05) is 0 Å². The average molecular weight is 338 g/mol. The molecular weight excluding hydrogens is 328 g/mol.